The van der Waals surface area contributed by atoms with Gasteiger partial charge in [0.1, 0.15) is 18.2 Å². The van der Waals surface area contributed by atoms with Gasteiger partial charge >= 0.3 is 0 Å². The molecule has 0 saturated carbocycles. The lowest BCUT2D eigenvalue weighted by Gasteiger charge is -2.31. The Hall–Kier alpha value is -2.54. The van der Waals surface area contributed by atoms with E-state index >= 15 is 0 Å². The maximum Gasteiger partial charge on any atom is 0.154 e. The van der Waals surface area contributed by atoms with Crippen molar-refractivity contribution in [1.82, 2.24) is 29.4 Å². The molecule has 1 aromatic carbocycles. The normalized spacial score (nSPS) is 16.1. The van der Waals surface area contributed by atoms with E-state index in [-0.39, 0.29) is 5.82 Å². The lowest BCUT2D eigenvalue weighted by molar-refractivity contribution is 0.198. The van der Waals surface area contributed by atoms with Crippen molar-refractivity contribution in [2.24, 2.45) is 0 Å². The first-order valence-corrected chi connectivity index (χ1v) is 9.59. The summed E-state index contributed by atoms with van der Waals surface area (Å²) in [6.45, 7) is 6.19. The van der Waals surface area contributed by atoms with Crippen molar-refractivity contribution < 1.29 is 4.39 Å². The van der Waals surface area contributed by atoms with Crippen molar-refractivity contribution in [3.63, 3.8) is 0 Å². The van der Waals surface area contributed by atoms with Gasteiger partial charge in [-0.3, -0.25) is 9.58 Å². The molecule has 1 fully saturated rings. The highest BCUT2D eigenvalue weighted by Gasteiger charge is 2.26. The molecule has 0 atom stereocenters. The molecule has 0 amide bonds. The average molecular weight is 368 g/mol. The molecule has 2 aromatic heterocycles. The maximum absolute atomic E-state index is 13.9. The predicted octanol–water partition coefficient (Wildman–Crippen LogP) is 3.06. The molecule has 27 heavy (non-hydrogen) atoms. The minimum atomic E-state index is -0.117. The SMILES string of the molecule is CCn1c(Cn2cccn2)nnc1C1CCN(Cc2ccccc2F)CC1. The first-order chi connectivity index (χ1) is 13.2. The van der Waals surface area contributed by atoms with E-state index in [0.29, 0.717) is 19.0 Å². The van der Waals surface area contributed by atoms with E-state index < -0.39 is 0 Å². The molecular formula is C20H25FN6. The summed E-state index contributed by atoms with van der Waals surface area (Å²) in [6.07, 6.45) is 5.76. The number of benzene rings is 1. The molecule has 0 radical (unpaired) electrons. The van der Waals surface area contributed by atoms with Crippen LogP contribution in [0.3, 0.4) is 0 Å². The Balaban J connectivity index is 1.41. The number of likely N-dealkylation sites (tertiary alicyclic amines) is 1. The van der Waals surface area contributed by atoms with E-state index in [1.807, 2.05) is 29.1 Å². The van der Waals surface area contributed by atoms with Crippen LogP contribution in [-0.4, -0.2) is 42.5 Å². The van der Waals surface area contributed by atoms with Crippen LogP contribution in [0.5, 0.6) is 0 Å². The highest BCUT2D eigenvalue weighted by atomic mass is 19.1. The minimum absolute atomic E-state index is 0.117. The first-order valence-electron chi connectivity index (χ1n) is 9.59. The van der Waals surface area contributed by atoms with Crippen molar-refractivity contribution >= 4 is 0 Å². The second-order valence-corrected chi connectivity index (χ2v) is 7.06. The van der Waals surface area contributed by atoms with Gasteiger partial charge in [0.05, 0.1) is 0 Å². The fraction of sp³-hybridized carbons (Fsp3) is 0.450. The zero-order valence-corrected chi connectivity index (χ0v) is 15.6. The molecule has 6 nitrogen and oxygen atoms in total. The van der Waals surface area contributed by atoms with Gasteiger partial charge in [-0.05, 0) is 45.0 Å². The summed E-state index contributed by atoms with van der Waals surface area (Å²) in [4.78, 5) is 2.33. The fourth-order valence-corrected chi connectivity index (χ4v) is 3.87. The van der Waals surface area contributed by atoms with Crippen molar-refractivity contribution in [2.45, 2.75) is 45.3 Å². The summed E-state index contributed by atoms with van der Waals surface area (Å²) in [7, 11) is 0. The smallest absolute Gasteiger partial charge is 0.154 e. The zero-order chi connectivity index (χ0) is 18.6. The number of nitrogens with zero attached hydrogens (tertiary/aromatic N) is 6. The molecule has 3 heterocycles. The third-order valence-electron chi connectivity index (χ3n) is 5.34. The van der Waals surface area contributed by atoms with Crippen LogP contribution in [0, 0.1) is 5.82 Å². The Labute approximate surface area is 158 Å². The molecule has 1 saturated heterocycles. The van der Waals surface area contributed by atoms with Crippen LogP contribution in [0.1, 0.15) is 42.9 Å². The zero-order valence-electron chi connectivity index (χ0n) is 15.6. The fourth-order valence-electron chi connectivity index (χ4n) is 3.87. The first kappa shape index (κ1) is 17.9. The van der Waals surface area contributed by atoms with Gasteiger partial charge < -0.3 is 4.57 Å². The molecule has 7 heteroatoms. The van der Waals surface area contributed by atoms with Crippen molar-refractivity contribution in [3.8, 4) is 0 Å². The molecule has 4 rings (SSSR count). The molecule has 1 aliphatic heterocycles. The monoisotopic (exact) mass is 368 g/mol. The van der Waals surface area contributed by atoms with E-state index in [2.05, 4.69) is 31.7 Å². The van der Waals surface area contributed by atoms with Crippen molar-refractivity contribution in [1.29, 1.82) is 0 Å². The van der Waals surface area contributed by atoms with Crippen LogP contribution in [0.4, 0.5) is 4.39 Å². The number of rotatable bonds is 6. The Bertz CT molecular complexity index is 864. The standard InChI is InChI=1S/C20H25FN6/c1-2-27-19(15-26-11-5-10-22-26)23-24-20(27)16-8-12-25(13-9-16)14-17-6-3-4-7-18(17)21/h3-7,10-11,16H,2,8-9,12-15H2,1H3. The van der Waals surface area contributed by atoms with Crippen molar-refractivity contribution in [2.75, 3.05) is 13.1 Å². The number of hydrogen-bond donors (Lipinski definition) is 0. The van der Waals surface area contributed by atoms with E-state index in [1.54, 1.807) is 12.3 Å². The van der Waals surface area contributed by atoms with E-state index in [0.717, 1.165) is 49.7 Å². The third kappa shape index (κ3) is 3.93. The van der Waals surface area contributed by atoms with Crippen LogP contribution in [0.25, 0.3) is 0 Å². The minimum Gasteiger partial charge on any atom is -0.313 e. The quantitative estimate of drug-likeness (QED) is 0.671. The predicted molar refractivity (Wildman–Crippen MR) is 101 cm³/mol. The van der Waals surface area contributed by atoms with Crippen molar-refractivity contribution in [3.05, 3.63) is 65.8 Å². The molecule has 0 N–H and O–H groups in total. The molecule has 142 valence electrons. The number of aromatic nitrogens is 5. The average Bonchev–Trinajstić information content (AvgIpc) is 3.34. The van der Waals surface area contributed by atoms with Gasteiger partial charge in [0.25, 0.3) is 0 Å². The summed E-state index contributed by atoms with van der Waals surface area (Å²) in [5.41, 5.74) is 0.772. The summed E-state index contributed by atoms with van der Waals surface area (Å²) >= 11 is 0. The topological polar surface area (TPSA) is 51.8 Å². The van der Waals surface area contributed by atoms with Gasteiger partial charge in [-0.15, -0.1) is 10.2 Å². The molecule has 3 aromatic rings. The third-order valence-corrected chi connectivity index (χ3v) is 5.34. The van der Waals surface area contributed by atoms with Gasteiger partial charge in [-0.2, -0.15) is 5.10 Å². The van der Waals surface area contributed by atoms with Crippen LogP contribution in [-0.2, 0) is 19.6 Å². The summed E-state index contributed by atoms with van der Waals surface area (Å²) < 4.78 is 18.0. The molecular weight excluding hydrogens is 343 g/mol. The number of halogens is 1. The van der Waals surface area contributed by atoms with Crippen LogP contribution in [0.2, 0.25) is 0 Å². The second-order valence-electron chi connectivity index (χ2n) is 7.06. The Morgan fingerprint density at radius 1 is 1.07 bits per heavy atom. The maximum atomic E-state index is 13.9. The Kier molecular flexibility index (Phi) is 5.29. The van der Waals surface area contributed by atoms with E-state index in [4.69, 9.17) is 0 Å². The number of hydrogen-bond acceptors (Lipinski definition) is 4. The summed E-state index contributed by atoms with van der Waals surface area (Å²) in [5.74, 6) is 2.31. The molecule has 0 bridgehead atoms. The largest absolute Gasteiger partial charge is 0.313 e. The highest BCUT2D eigenvalue weighted by molar-refractivity contribution is 5.17. The van der Waals surface area contributed by atoms with E-state index in [9.17, 15) is 4.39 Å². The van der Waals surface area contributed by atoms with Crippen LogP contribution >= 0.6 is 0 Å². The van der Waals surface area contributed by atoms with Crippen LogP contribution < -0.4 is 0 Å². The Morgan fingerprint density at radius 3 is 2.59 bits per heavy atom. The highest BCUT2D eigenvalue weighted by Crippen LogP contribution is 2.28. The Morgan fingerprint density at radius 2 is 1.89 bits per heavy atom. The van der Waals surface area contributed by atoms with Gasteiger partial charge in [0.2, 0.25) is 0 Å². The van der Waals surface area contributed by atoms with Gasteiger partial charge in [0, 0.05) is 37.0 Å². The van der Waals surface area contributed by atoms with E-state index in [1.165, 1.54) is 6.07 Å². The molecule has 1 aliphatic rings. The number of piperidine rings is 1. The van der Waals surface area contributed by atoms with Gasteiger partial charge in [-0.25, -0.2) is 4.39 Å². The summed E-state index contributed by atoms with van der Waals surface area (Å²) in [5, 5.41) is 13.2. The lowest BCUT2D eigenvalue weighted by atomic mass is 9.95. The van der Waals surface area contributed by atoms with Gasteiger partial charge in [0.15, 0.2) is 5.82 Å². The lowest BCUT2D eigenvalue weighted by Crippen LogP contribution is -2.33. The molecule has 0 aliphatic carbocycles. The van der Waals surface area contributed by atoms with Crippen LogP contribution in [0.15, 0.2) is 42.7 Å². The summed E-state index contributed by atoms with van der Waals surface area (Å²) in [6, 6.07) is 8.96. The molecule has 0 unspecified atom stereocenters. The van der Waals surface area contributed by atoms with Gasteiger partial charge in [-0.1, -0.05) is 18.2 Å². The molecule has 0 spiro atoms. The second kappa shape index (κ2) is 8.00.